The van der Waals surface area contributed by atoms with E-state index < -0.39 is 15.4 Å². The van der Waals surface area contributed by atoms with E-state index in [1.54, 1.807) is 25.3 Å². The van der Waals surface area contributed by atoms with Gasteiger partial charge in [0.15, 0.2) is 0 Å². The molecule has 0 spiro atoms. The average molecular weight is 377 g/mol. The van der Waals surface area contributed by atoms with Gasteiger partial charge in [-0.2, -0.15) is 4.31 Å². The highest BCUT2D eigenvalue weighted by Crippen LogP contribution is 2.43. The maximum atomic E-state index is 13.2. The molecule has 7 heteroatoms. The molecule has 2 heterocycles. The molecule has 6 nitrogen and oxygen atoms in total. The van der Waals surface area contributed by atoms with Crippen LogP contribution in [-0.2, 0) is 14.8 Å². The second-order valence-corrected chi connectivity index (χ2v) is 9.17. The number of aliphatic hydroxyl groups is 1. The van der Waals surface area contributed by atoms with Crippen molar-refractivity contribution in [3.05, 3.63) is 36.4 Å². The lowest BCUT2D eigenvalue weighted by Crippen LogP contribution is -2.43. The van der Waals surface area contributed by atoms with Crippen LogP contribution in [0.5, 0.6) is 5.75 Å². The van der Waals surface area contributed by atoms with Crippen molar-refractivity contribution in [1.82, 2.24) is 4.31 Å². The normalized spacial score (nSPS) is 26.8. The van der Waals surface area contributed by atoms with Crippen LogP contribution < -0.4 is 4.74 Å². The van der Waals surface area contributed by atoms with Crippen molar-refractivity contribution in [3.63, 3.8) is 0 Å². The van der Waals surface area contributed by atoms with Crippen LogP contribution >= 0.6 is 0 Å². The van der Waals surface area contributed by atoms with Gasteiger partial charge in [-0.15, -0.1) is 0 Å². The van der Waals surface area contributed by atoms with E-state index in [9.17, 15) is 13.5 Å². The summed E-state index contributed by atoms with van der Waals surface area (Å²) in [5.41, 5.74) is -0.477. The first-order chi connectivity index (χ1) is 12.5. The van der Waals surface area contributed by atoms with Gasteiger partial charge in [0.1, 0.15) is 5.75 Å². The Morgan fingerprint density at radius 2 is 2.04 bits per heavy atom. The molecule has 4 rings (SSSR count). The lowest BCUT2D eigenvalue weighted by molar-refractivity contribution is -0.0552. The summed E-state index contributed by atoms with van der Waals surface area (Å²) in [4.78, 5) is 0.280. The molecule has 140 valence electrons. The molecule has 0 unspecified atom stereocenters. The van der Waals surface area contributed by atoms with Crippen LogP contribution in [0, 0.1) is 11.3 Å². The minimum atomic E-state index is -3.62. The third-order valence-corrected chi connectivity index (χ3v) is 7.56. The molecular weight excluding hydrogens is 354 g/mol. The summed E-state index contributed by atoms with van der Waals surface area (Å²) >= 11 is 0. The van der Waals surface area contributed by atoms with Crippen molar-refractivity contribution in [2.75, 3.05) is 40.0 Å². The lowest BCUT2D eigenvalue weighted by atomic mass is 9.76. The smallest absolute Gasteiger partial charge is 0.243 e. The van der Waals surface area contributed by atoms with Crippen molar-refractivity contribution in [3.8, 4) is 5.75 Å². The molecule has 2 atom stereocenters. The number of hydrogen-bond acceptors (Lipinski definition) is 5. The highest BCUT2D eigenvalue weighted by atomic mass is 32.2. The predicted octanol–water partition coefficient (Wildman–Crippen LogP) is 1.87. The first-order valence-corrected chi connectivity index (χ1v) is 10.2. The Hall–Kier alpha value is -1.67. The van der Waals surface area contributed by atoms with Crippen LogP contribution in [0.3, 0.4) is 0 Å². The molecule has 2 aliphatic heterocycles. The van der Waals surface area contributed by atoms with E-state index in [2.05, 4.69) is 0 Å². The zero-order chi connectivity index (χ0) is 18.4. The Balaban J connectivity index is 1.67. The first kappa shape index (κ1) is 17.7. The van der Waals surface area contributed by atoms with E-state index >= 15 is 0 Å². The lowest BCUT2D eigenvalue weighted by Gasteiger charge is -2.36. The molecule has 2 aromatic rings. The number of methoxy groups -OCH3 is 1. The second-order valence-electron chi connectivity index (χ2n) is 7.23. The molecule has 0 radical (unpaired) electrons. The number of fused-ring (bicyclic) bond motifs is 2. The zero-order valence-electron chi connectivity index (χ0n) is 14.7. The Morgan fingerprint density at radius 1 is 1.27 bits per heavy atom. The quantitative estimate of drug-likeness (QED) is 0.880. The average Bonchev–Trinajstić information content (AvgIpc) is 3.08. The molecule has 0 amide bonds. The van der Waals surface area contributed by atoms with Crippen LogP contribution in [0.1, 0.15) is 6.42 Å². The summed E-state index contributed by atoms with van der Waals surface area (Å²) in [6, 6.07) is 10.7. The molecule has 2 fully saturated rings. The van der Waals surface area contributed by atoms with E-state index in [1.165, 1.54) is 4.31 Å². The van der Waals surface area contributed by atoms with Crippen LogP contribution in [0.4, 0.5) is 0 Å². The summed E-state index contributed by atoms with van der Waals surface area (Å²) in [5.74, 6) is 0.877. The van der Waals surface area contributed by atoms with Gasteiger partial charge >= 0.3 is 0 Å². The van der Waals surface area contributed by atoms with Crippen LogP contribution in [0.2, 0.25) is 0 Å². The van der Waals surface area contributed by atoms with E-state index in [1.807, 2.05) is 18.2 Å². The maximum absolute atomic E-state index is 13.2. The van der Waals surface area contributed by atoms with Crippen LogP contribution in [0.25, 0.3) is 10.8 Å². The van der Waals surface area contributed by atoms with E-state index in [0.717, 1.165) is 22.9 Å². The van der Waals surface area contributed by atoms with E-state index in [-0.39, 0.29) is 17.4 Å². The van der Waals surface area contributed by atoms with Crippen molar-refractivity contribution in [2.45, 2.75) is 11.3 Å². The number of hydrogen-bond donors (Lipinski definition) is 1. The summed E-state index contributed by atoms with van der Waals surface area (Å²) in [5, 5.41) is 11.7. The number of sulfonamides is 1. The Morgan fingerprint density at radius 3 is 2.77 bits per heavy atom. The highest BCUT2D eigenvalue weighted by molar-refractivity contribution is 7.89. The van der Waals surface area contributed by atoms with Crippen LogP contribution in [-0.4, -0.2) is 57.8 Å². The SMILES string of the molecule is COc1ccc2cc(S(=O)(=O)N3C[C@@H]4CCOC[C@]4(CO)C3)ccc2c1. The fourth-order valence-corrected chi connectivity index (χ4v) is 5.71. The minimum absolute atomic E-state index is 0.0544. The van der Waals surface area contributed by atoms with Crippen molar-refractivity contribution >= 4 is 20.8 Å². The molecule has 2 aromatic carbocycles. The monoisotopic (exact) mass is 377 g/mol. The third kappa shape index (κ3) is 2.79. The zero-order valence-corrected chi connectivity index (χ0v) is 15.5. The number of rotatable bonds is 4. The second kappa shape index (κ2) is 6.49. The highest BCUT2D eigenvalue weighted by Gasteiger charge is 2.51. The molecule has 0 bridgehead atoms. The fraction of sp³-hybridized carbons (Fsp3) is 0.474. The van der Waals surface area contributed by atoms with Gasteiger partial charge in [0, 0.05) is 25.1 Å². The van der Waals surface area contributed by atoms with Crippen molar-refractivity contribution in [2.24, 2.45) is 11.3 Å². The van der Waals surface area contributed by atoms with E-state index in [4.69, 9.17) is 9.47 Å². The van der Waals surface area contributed by atoms with Gasteiger partial charge in [-0.1, -0.05) is 12.1 Å². The number of aliphatic hydroxyl groups excluding tert-OH is 1. The maximum Gasteiger partial charge on any atom is 0.243 e. The van der Waals surface area contributed by atoms with Crippen LogP contribution in [0.15, 0.2) is 41.3 Å². The summed E-state index contributed by atoms with van der Waals surface area (Å²) in [6.07, 6.45) is 0.782. The molecule has 0 aliphatic carbocycles. The predicted molar refractivity (Wildman–Crippen MR) is 97.7 cm³/mol. The topological polar surface area (TPSA) is 76.1 Å². The fourth-order valence-electron chi connectivity index (χ4n) is 4.09. The largest absolute Gasteiger partial charge is 0.497 e. The summed E-state index contributed by atoms with van der Waals surface area (Å²) in [6.45, 7) is 1.72. The first-order valence-electron chi connectivity index (χ1n) is 8.75. The Bertz CT molecular complexity index is 929. The van der Waals surface area contributed by atoms with Gasteiger partial charge in [0.2, 0.25) is 10.0 Å². The number of benzene rings is 2. The molecule has 0 saturated carbocycles. The Kier molecular flexibility index (Phi) is 4.43. The molecule has 26 heavy (non-hydrogen) atoms. The summed E-state index contributed by atoms with van der Waals surface area (Å²) in [7, 11) is -2.01. The van der Waals surface area contributed by atoms with Gasteiger partial charge in [-0.05, 0) is 47.4 Å². The Labute approximate surface area is 153 Å². The number of nitrogens with zero attached hydrogens (tertiary/aromatic N) is 1. The molecule has 0 aromatic heterocycles. The van der Waals surface area contributed by atoms with Crippen molar-refractivity contribution < 1.29 is 23.0 Å². The third-order valence-electron chi connectivity index (χ3n) is 5.75. The van der Waals surface area contributed by atoms with Gasteiger partial charge < -0.3 is 14.6 Å². The molecule has 2 aliphatic rings. The molecule has 1 N–H and O–H groups in total. The van der Waals surface area contributed by atoms with Gasteiger partial charge in [0.25, 0.3) is 0 Å². The van der Waals surface area contributed by atoms with Crippen molar-refractivity contribution in [1.29, 1.82) is 0 Å². The standard InChI is InChI=1S/C19H23NO5S/c1-24-17-4-2-15-9-18(5-3-14(15)8-17)26(22,23)20-10-16-6-7-25-13-19(16,11-20)12-21/h2-5,8-9,16,21H,6-7,10-13H2,1H3/t16-,19+/m0/s1. The minimum Gasteiger partial charge on any atom is -0.497 e. The molecule has 2 saturated heterocycles. The summed E-state index contributed by atoms with van der Waals surface area (Å²) < 4.78 is 38.6. The van der Waals surface area contributed by atoms with Gasteiger partial charge in [-0.3, -0.25) is 0 Å². The number of ether oxygens (including phenoxy) is 2. The van der Waals surface area contributed by atoms with Gasteiger partial charge in [-0.25, -0.2) is 8.42 Å². The van der Waals surface area contributed by atoms with Gasteiger partial charge in [0.05, 0.1) is 25.2 Å². The molecular formula is C19H23NO5S. The van der Waals surface area contributed by atoms with E-state index in [0.29, 0.717) is 26.3 Å².